The maximum absolute atomic E-state index is 12.1. The zero-order valence-electron chi connectivity index (χ0n) is 13.1. The summed E-state index contributed by atoms with van der Waals surface area (Å²) in [5.41, 5.74) is 0.161. The second-order valence-corrected chi connectivity index (χ2v) is 6.89. The summed E-state index contributed by atoms with van der Waals surface area (Å²) >= 11 is 0. The Kier molecular flexibility index (Phi) is 5.84. The van der Waals surface area contributed by atoms with Crippen molar-refractivity contribution in [1.29, 1.82) is 0 Å². The molecule has 0 radical (unpaired) electrons. The van der Waals surface area contributed by atoms with E-state index in [-0.39, 0.29) is 11.4 Å². The number of carboxylic acids is 1. The van der Waals surface area contributed by atoms with Crippen molar-refractivity contribution in [3.05, 3.63) is 0 Å². The highest BCUT2D eigenvalue weighted by Gasteiger charge is 2.35. The molecule has 2 amide bonds. The molecule has 5 heteroatoms. The van der Waals surface area contributed by atoms with Crippen molar-refractivity contribution < 1.29 is 14.7 Å². The standard InChI is InChI=1S/C15H28N2O3/c1-5-11-6-9-17(12(10-11)13(18)19)14(20)16-8-7-15(2,3)4/h11-12H,5-10H2,1-4H3,(H,16,20)(H,18,19). The van der Waals surface area contributed by atoms with Gasteiger partial charge >= 0.3 is 12.0 Å². The Bertz CT molecular complexity index is 350. The number of aliphatic carboxylic acids is 1. The fourth-order valence-corrected chi connectivity index (χ4v) is 2.53. The third kappa shape index (κ3) is 5.02. The molecule has 2 unspecified atom stereocenters. The van der Waals surface area contributed by atoms with Gasteiger partial charge in [-0.15, -0.1) is 0 Å². The van der Waals surface area contributed by atoms with Crippen molar-refractivity contribution in [1.82, 2.24) is 10.2 Å². The van der Waals surface area contributed by atoms with Crippen molar-refractivity contribution in [3.63, 3.8) is 0 Å². The number of carboxylic acid groups (broad SMARTS) is 1. The molecule has 116 valence electrons. The number of carbonyl (C=O) groups is 2. The smallest absolute Gasteiger partial charge is 0.326 e. The molecule has 1 fully saturated rings. The molecule has 2 N–H and O–H groups in total. The maximum Gasteiger partial charge on any atom is 0.326 e. The Morgan fingerprint density at radius 3 is 2.50 bits per heavy atom. The number of hydrogen-bond acceptors (Lipinski definition) is 2. The summed E-state index contributed by atoms with van der Waals surface area (Å²) in [4.78, 5) is 25.0. The Morgan fingerprint density at radius 1 is 1.35 bits per heavy atom. The van der Waals surface area contributed by atoms with E-state index in [0.29, 0.717) is 25.4 Å². The molecule has 0 saturated carbocycles. The van der Waals surface area contributed by atoms with Crippen LogP contribution >= 0.6 is 0 Å². The first-order valence-electron chi connectivity index (χ1n) is 7.52. The summed E-state index contributed by atoms with van der Waals surface area (Å²) in [7, 11) is 0. The van der Waals surface area contributed by atoms with Crippen LogP contribution in [-0.4, -0.2) is 41.1 Å². The third-order valence-corrected chi connectivity index (χ3v) is 3.99. The molecule has 0 aromatic carbocycles. The zero-order chi connectivity index (χ0) is 15.3. The minimum absolute atomic E-state index is 0.161. The number of nitrogens with zero attached hydrogens (tertiary/aromatic N) is 1. The molecule has 0 aliphatic carbocycles. The molecule has 20 heavy (non-hydrogen) atoms. The molecule has 5 nitrogen and oxygen atoms in total. The first-order valence-corrected chi connectivity index (χ1v) is 7.52. The van der Waals surface area contributed by atoms with Crippen LogP contribution in [-0.2, 0) is 4.79 Å². The number of nitrogens with one attached hydrogen (secondary N) is 1. The topological polar surface area (TPSA) is 69.6 Å². The van der Waals surface area contributed by atoms with Crippen molar-refractivity contribution in [2.24, 2.45) is 11.3 Å². The van der Waals surface area contributed by atoms with Gasteiger partial charge in [0.1, 0.15) is 6.04 Å². The van der Waals surface area contributed by atoms with E-state index < -0.39 is 12.0 Å². The van der Waals surface area contributed by atoms with Crippen LogP contribution in [0.3, 0.4) is 0 Å². The van der Waals surface area contributed by atoms with Gasteiger partial charge in [0.2, 0.25) is 0 Å². The molecule has 0 bridgehead atoms. The second-order valence-electron chi connectivity index (χ2n) is 6.89. The molecular formula is C15H28N2O3. The van der Waals surface area contributed by atoms with Gasteiger partial charge in [0, 0.05) is 13.1 Å². The number of piperidine rings is 1. The summed E-state index contributed by atoms with van der Waals surface area (Å²) in [5.74, 6) is -0.483. The quantitative estimate of drug-likeness (QED) is 0.834. The van der Waals surface area contributed by atoms with E-state index in [0.717, 1.165) is 19.3 Å². The van der Waals surface area contributed by atoms with Gasteiger partial charge < -0.3 is 15.3 Å². The average Bonchev–Trinajstić information content (AvgIpc) is 2.36. The van der Waals surface area contributed by atoms with E-state index in [1.54, 1.807) is 0 Å². The highest BCUT2D eigenvalue weighted by molar-refractivity contribution is 5.82. The van der Waals surface area contributed by atoms with Crippen molar-refractivity contribution in [3.8, 4) is 0 Å². The van der Waals surface area contributed by atoms with Crippen LogP contribution < -0.4 is 5.32 Å². The molecule has 0 aromatic rings. The van der Waals surface area contributed by atoms with Crippen LogP contribution in [0.4, 0.5) is 4.79 Å². The summed E-state index contributed by atoms with van der Waals surface area (Å²) in [6, 6.07) is -0.917. The molecule has 0 aromatic heterocycles. The zero-order valence-corrected chi connectivity index (χ0v) is 13.1. The molecular weight excluding hydrogens is 256 g/mol. The fraction of sp³-hybridized carbons (Fsp3) is 0.867. The van der Waals surface area contributed by atoms with Crippen LogP contribution in [0.1, 0.15) is 53.4 Å². The van der Waals surface area contributed by atoms with Gasteiger partial charge in [-0.05, 0) is 30.6 Å². The summed E-state index contributed by atoms with van der Waals surface area (Å²) < 4.78 is 0. The molecule has 1 saturated heterocycles. The maximum atomic E-state index is 12.1. The molecule has 1 aliphatic heterocycles. The van der Waals surface area contributed by atoms with Crippen LogP contribution in [0.5, 0.6) is 0 Å². The largest absolute Gasteiger partial charge is 0.480 e. The molecule has 1 heterocycles. The van der Waals surface area contributed by atoms with Gasteiger partial charge in [-0.25, -0.2) is 9.59 Å². The van der Waals surface area contributed by atoms with E-state index >= 15 is 0 Å². The lowest BCUT2D eigenvalue weighted by atomic mass is 9.89. The van der Waals surface area contributed by atoms with E-state index in [2.05, 4.69) is 33.0 Å². The van der Waals surface area contributed by atoms with Gasteiger partial charge in [0.05, 0.1) is 0 Å². The lowest BCUT2D eigenvalue weighted by Crippen LogP contribution is -2.53. The fourth-order valence-electron chi connectivity index (χ4n) is 2.53. The molecule has 2 atom stereocenters. The van der Waals surface area contributed by atoms with Gasteiger partial charge in [0.25, 0.3) is 0 Å². The molecule has 1 rings (SSSR count). The predicted molar refractivity (Wildman–Crippen MR) is 78.6 cm³/mol. The lowest BCUT2D eigenvalue weighted by Gasteiger charge is -2.37. The highest BCUT2D eigenvalue weighted by Crippen LogP contribution is 2.25. The van der Waals surface area contributed by atoms with Crippen molar-refractivity contribution >= 4 is 12.0 Å². The normalized spacial score (nSPS) is 23.5. The van der Waals surface area contributed by atoms with E-state index in [9.17, 15) is 14.7 Å². The van der Waals surface area contributed by atoms with Crippen LogP contribution in [0.25, 0.3) is 0 Å². The molecule has 0 spiro atoms. The minimum Gasteiger partial charge on any atom is -0.480 e. The average molecular weight is 284 g/mol. The van der Waals surface area contributed by atoms with Gasteiger partial charge in [0.15, 0.2) is 0 Å². The second kappa shape index (κ2) is 6.95. The van der Waals surface area contributed by atoms with Crippen LogP contribution in [0, 0.1) is 11.3 Å². The van der Waals surface area contributed by atoms with E-state index in [1.165, 1.54) is 4.90 Å². The number of urea groups is 1. The SMILES string of the molecule is CCC1CCN(C(=O)NCCC(C)(C)C)C(C(=O)O)C1. The van der Waals surface area contributed by atoms with Crippen molar-refractivity contribution in [2.45, 2.75) is 59.4 Å². The first-order chi connectivity index (χ1) is 9.24. The van der Waals surface area contributed by atoms with Gasteiger partial charge in [-0.3, -0.25) is 0 Å². The molecule has 1 aliphatic rings. The Balaban J connectivity index is 2.54. The van der Waals surface area contributed by atoms with E-state index in [4.69, 9.17) is 0 Å². The number of carbonyl (C=O) groups excluding carboxylic acids is 1. The highest BCUT2D eigenvalue weighted by atomic mass is 16.4. The predicted octanol–water partition coefficient (Wildman–Crippen LogP) is 2.71. The number of rotatable bonds is 4. The summed E-state index contributed by atoms with van der Waals surface area (Å²) in [6.45, 7) is 9.55. The minimum atomic E-state index is -0.894. The van der Waals surface area contributed by atoms with Crippen LogP contribution in [0.15, 0.2) is 0 Å². The Labute approximate surface area is 121 Å². The third-order valence-electron chi connectivity index (χ3n) is 3.99. The van der Waals surface area contributed by atoms with Gasteiger partial charge in [-0.2, -0.15) is 0 Å². The monoisotopic (exact) mass is 284 g/mol. The summed E-state index contributed by atoms with van der Waals surface area (Å²) in [5, 5.41) is 12.2. The Morgan fingerprint density at radius 2 is 2.00 bits per heavy atom. The van der Waals surface area contributed by atoms with Gasteiger partial charge in [-0.1, -0.05) is 34.1 Å². The first kappa shape index (κ1) is 16.8. The van der Waals surface area contributed by atoms with Crippen molar-refractivity contribution in [2.75, 3.05) is 13.1 Å². The lowest BCUT2D eigenvalue weighted by molar-refractivity contribution is -0.144. The number of amides is 2. The number of hydrogen-bond donors (Lipinski definition) is 2. The van der Waals surface area contributed by atoms with Crippen LogP contribution in [0.2, 0.25) is 0 Å². The summed E-state index contributed by atoms with van der Waals surface area (Å²) in [6.07, 6.45) is 3.32. The number of likely N-dealkylation sites (tertiary alicyclic amines) is 1. The Hall–Kier alpha value is -1.26. The van der Waals surface area contributed by atoms with E-state index in [1.807, 2.05) is 0 Å².